The first-order valence-electron chi connectivity index (χ1n) is 13.1. The Bertz CT molecular complexity index is 1390. The third-order valence-corrected chi connectivity index (χ3v) is 7.19. The molecule has 0 unspecified atom stereocenters. The Balaban J connectivity index is 1.47. The van der Waals surface area contributed by atoms with Gasteiger partial charge in [0.1, 0.15) is 18.0 Å². The summed E-state index contributed by atoms with van der Waals surface area (Å²) in [6.07, 6.45) is 5.34. The highest BCUT2D eigenvalue weighted by atomic mass is 19.1. The SMILES string of the molecule is C#CCN1CC(=O)N2[C@@H](c3ccccc3)C(=O)N(CCc3ccc(F)cc3)C[C@@H]2N1C(=O)NCc1ccccc1. The molecule has 204 valence electrons. The number of rotatable bonds is 7. The van der Waals surface area contributed by atoms with E-state index in [1.54, 1.807) is 22.0 Å². The zero-order valence-electron chi connectivity index (χ0n) is 21.9. The van der Waals surface area contributed by atoms with Gasteiger partial charge in [0.05, 0.1) is 19.6 Å². The molecule has 0 radical (unpaired) electrons. The van der Waals surface area contributed by atoms with Crippen molar-refractivity contribution in [3.05, 3.63) is 107 Å². The predicted molar refractivity (Wildman–Crippen MR) is 147 cm³/mol. The molecule has 0 aromatic heterocycles. The normalized spacial score (nSPS) is 19.2. The largest absolute Gasteiger partial charge is 0.336 e. The molecule has 0 spiro atoms. The number of halogens is 1. The summed E-state index contributed by atoms with van der Waals surface area (Å²) in [7, 11) is 0. The number of terminal acetylenes is 1. The van der Waals surface area contributed by atoms with E-state index in [9.17, 15) is 18.8 Å². The van der Waals surface area contributed by atoms with Gasteiger partial charge in [-0.3, -0.25) is 9.59 Å². The van der Waals surface area contributed by atoms with Crippen molar-refractivity contribution < 1.29 is 18.8 Å². The highest BCUT2D eigenvalue weighted by molar-refractivity contribution is 5.92. The first-order valence-corrected chi connectivity index (χ1v) is 13.1. The fourth-order valence-electron chi connectivity index (χ4n) is 5.26. The van der Waals surface area contributed by atoms with Crippen molar-refractivity contribution in [1.82, 2.24) is 25.1 Å². The highest BCUT2D eigenvalue weighted by Gasteiger charge is 2.51. The van der Waals surface area contributed by atoms with Gasteiger partial charge in [-0.25, -0.2) is 14.2 Å². The van der Waals surface area contributed by atoms with Crippen LogP contribution in [0.15, 0.2) is 84.9 Å². The summed E-state index contributed by atoms with van der Waals surface area (Å²) in [5.74, 6) is 1.71. The average Bonchev–Trinajstić information content (AvgIpc) is 2.97. The molecule has 0 aliphatic carbocycles. The van der Waals surface area contributed by atoms with Crippen molar-refractivity contribution >= 4 is 17.8 Å². The number of hydrogen-bond acceptors (Lipinski definition) is 4. The van der Waals surface area contributed by atoms with Gasteiger partial charge in [0.25, 0.3) is 0 Å². The Labute approximate surface area is 232 Å². The van der Waals surface area contributed by atoms with E-state index < -0.39 is 18.2 Å². The number of piperazine rings is 1. The summed E-state index contributed by atoms with van der Waals surface area (Å²) in [6, 6.07) is 23.4. The summed E-state index contributed by atoms with van der Waals surface area (Å²) >= 11 is 0. The van der Waals surface area contributed by atoms with Gasteiger partial charge in [0.2, 0.25) is 11.8 Å². The van der Waals surface area contributed by atoms with Crippen LogP contribution in [0, 0.1) is 18.2 Å². The summed E-state index contributed by atoms with van der Waals surface area (Å²) in [5, 5.41) is 5.99. The molecule has 4 amide bonds. The van der Waals surface area contributed by atoms with Crippen molar-refractivity contribution in [1.29, 1.82) is 0 Å². The molecular formula is C31H30FN5O3. The van der Waals surface area contributed by atoms with Crippen LogP contribution in [-0.4, -0.2) is 70.0 Å². The topological polar surface area (TPSA) is 76.2 Å². The first kappa shape index (κ1) is 26.9. The van der Waals surface area contributed by atoms with Gasteiger partial charge in [0.15, 0.2) is 0 Å². The van der Waals surface area contributed by atoms with Crippen LogP contribution < -0.4 is 5.32 Å². The fraction of sp³-hybridized carbons (Fsp3) is 0.258. The van der Waals surface area contributed by atoms with Crippen LogP contribution in [0.4, 0.5) is 9.18 Å². The van der Waals surface area contributed by atoms with Crippen molar-refractivity contribution in [2.75, 3.05) is 26.2 Å². The van der Waals surface area contributed by atoms with Crippen LogP contribution in [0.1, 0.15) is 22.7 Å². The van der Waals surface area contributed by atoms with Crippen LogP contribution in [0.2, 0.25) is 0 Å². The molecule has 3 aromatic carbocycles. The lowest BCUT2D eigenvalue weighted by molar-refractivity contribution is -0.189. The van der Waals surface area contributed by atoms with Crippen LogP contribution in [0.5, 0.6) is 0 Å². The summed E-state index contributed by atoms with van der Waals surface area (Å²) in [6.45, 7) is 0.645. The number of nitrogens with one attached hydrogen (secondary N) is 1. The molecule has 0 saturated carbocycles. The molecule has 9 heteroatoms. The molecule has 2 atom stereocenters. The van der Waals surface area contributed by atoms with Crippen LogP contribution in [-0.2, 0) is 22.6 Å². The Hall–Kier alpha value is -4.68. The number of urea groups is 1. The number of carbonyl (C=O) groups is 3. The van der Waals surface area contributed by atoms with E-state index in [2.05, 4.69) is 11.2 Å². The first-order chi connectivity index (χ1) is 19.5. The second-order valence-corrected chi connectivity index (χ2v) is 9.77. The maximum atomic E-state index is 13.9. The monoisotopic (exact) mass is 539 g/mol. The van der Waals surface area contributed by atoms with E-state index in [4.69, 9.17) is 6.42 Å². The standard InChI is InChI=1S/C31H30FN5O3/c1-2-18-35-22-28(38)36-27(37(35)31(40)33-20-24-9-5-3-6-10-24)21-34(19-17-23-13-15-26(32)16-14-23)30(39)29(36)25-11-7-4-8-12-25/h1,3-16,27,29H,17-22H2,(H,33,40)/t27-,29-/m0/s1. The highest BCUT2D eigenvalue weighted by Crippen LogP contribution is 2.34. The number of nitrogens with zero attached hydrogens (tertiary/aromatic N) is 4. The smallest absolute Gasteiger partial charge is 0.334 e. The molecule has 40 heavy (non-hydrogen) atoms. The van der Waals surface area contributed by atoms with Gasteiger partial charge >= 0.3 is 6.03 Å². The summed E-state index contributed by atoms with van der Waals surface area (Å²) in [4.78, 5) is 44.3. The average molecular weight is 540 g/mol. The third kappa shape index (κ3) is 5.67. The van der Waals surface area contributed by atoms with Gasteiger partial charge in [-0.15, -0.1) is 6.42 Å². The number of carbonyl (C=O) groups excluding carboxylic acids is 3. The Morgan fingerprint density at radius 1 is 0.950 bits per heavy atom. The molecule has 1 N–H and O–H groups in total. The molecule has 5 rings (SSSR count). The molecule has 0 bridgehead atoms. The number of benzene rings is 3. The Morgan fingerprint density at radius 2 is 1.62 bits per heavy atom. The Kier molecular flexibility index (Phi) is 8.08. The van der Waals surface area contributed by atoms with Crippen molar-refractivity contribution in [3.8, 4) is 12.3 Å². The van der Waals surface area contributed by atoms with Crippen LogP contribution >= 0.6 is 0 Å². The van der Waals surface area contributed by atoms with Gasteiger partial charge in [-0.2, -0.15) is 5.01 Å². The van der Waals surface area contributed by atoms with E-state index in [0.717, 1.165) is 11.1 Å². The molecule has 8 nitrogen and oxygen atoms in total. The number of hydrogen-bond donors (Lipinski definition) is 1. The number of fused-ring (bicyclic) bond motifs is 1. The maximum absolute atomic E-state index is 13.9. The van der Waals surface area contributed by atoms with Crippen molar-refractivity contribution in [3.63, 3.8) is 0 Å². The lowest BCUT2D eigenvalue weighted by atomic mass is 9.98. The van der Waals surface area contributed by atoms with Gasteiger partial charge in [-0.05, 0) is 35.2 Å². The molecule has 2 aliphatic heterocycles. The van der Waals surface area contributed by atoms with Crippen LogP contribution in [0.25, 0.3) is 0 Å². The molecule has 2 heterocycles. The van der Waals surface area contributed by atoms with Gasteiger partial charge < -0.3 is 15.1 Å². The fourth-order valence-corrected chi connectivity index (χ4v) is 5.26. The molecule has 2 saturated heterocycles. The van der Waals surface area contributed by atoms with Crippen LogP contribution in [0.3, 0.4) is 0 Å². The van der Waals surface area contributed by atoms with Gasteiger partial charge in [-0.1, -0.05) is 78.7 Å². The molecule has 2 fully saturated rings. The minimum atomic E-state index is -0.905. The zero-order valence-corrected chi connectivity index (χ0v) is 21.9. The summed E-state index contributed by atoms with van der Waals surface area (Å²) < 4.78 is 13.4. The lowest BCUT2D eigenvalue weighted by Gasteiger charge is -2.55. The van der Waals surface area contributed by atoms with E-state index in [1.807, 2.05) is 60.7 Å². The number of hydrazine groups is 1. The van der Waals surface area contributed by atoms with E-state index in [1.165, 1.54) is 22.0 Å². The summed E-state index contributed by atoms with van der Waals surface area (Å²) in [5.41, 5.74) is 2.46. The zero-order chi connectivity index (χ0) is 28.1. The lowest BCUT2D eigenvalue weighted by Crippen LogP contribution is -2.74. The van der Waals surface area contributed by atoms with E-state index in [0.29, 0.717) is 18.5 Å². The minimum Gasteiger partial charge on any atom is -0.336 e. The second kappa shape index (κ2) is 12.0. The van der Waals surface area contributed by atoms with Gasteiger partial charge in [0, 0.05) is 13.1 Å². The third-order valence-electron chi connectivity index (χ3n) is 7.19. The van der Waals surface area contributed by atoms with E-state index >= 15 is 0 Å². The van der Waals surface area contributed by atoms with Crippen molar-refractivity contribution in [2.45, 2.75) is 25.2 Å². The molecule has 3 aromatic rings. The maximum Gasteiger partial charge on any atom is 0.334 e. The molecule has 2 aliphatic rings. The number of amides is 4. The molecular weight excluding hydrogens is 509 g/mol. The Morgan fingerprint density at radius 3 is 2.30 bits per heavy atom. The van der Waals surface area contributed by atoms with Crippen molar-refractivity contribution in [2.24, 2.45) is 0 Å². The quantitative estimate of drug-likeness (QED) is 0.468. The van der Waals surface area contributed by atoms with E-state index in [-0.39, 0.29) is 43.8 Å². The predicted octanol–water partition coefficient (Wildman–Crippen LogP) is 3.18. The second-order valence-electron chi connectivity index (χ2n) is 9.77. The minimum absolute atomic E-state index is 0.0500.